The molecule has 11 heavy (non-hydrogen) atoms. The van der Waals surface area contributed by atoms with Crippen LogP contribution in [0.25, 0.3) is 0 Å². The minimum absolute atomic E-state index is 0.211. The van der Waals surface area contributed by atoms with Crippen molar-refractivity contribution in [3.63, 3.8) is 0 Å². The maximum absolute atomic E-state index is 8.95. The van der Waals surface area contributed by atoms with Crippen molar-refractivity contribution in [3.05, 3.63) is 0 Å². The minimum atomic E-state index is -0.692. The van der Waals surface area contributed by atoms with Crippen LogP contribution in [0.3, 0.4) is 0 Å². The lowest BCUT2D eigenvalue weighted by Gasteiger charge is -2.08. The predicted molar refractivity (Wildman–Crippen MR) is 47.1 cm³/mol. The molecule has 0 fully saturated rings. The van der Waals surface area contributed by atoms with Crippen LogP contribution >= 0.6 is 23.4 Å². The third-order valence-corrected chi connectivity index (χ3v) is 2.61. The van der Waals surface area contributed by atoms with E-state index in [0.29, 0.717) is 11.5 Å². The molecule has 68 valence electrons. The summed E-state index contributed by atoms with van der Waals surface area (Å²) in [5, 5.41) is 26.2. The van der Waals surface area contributed by atoms with Gasteiger partial charge in [0.2, 0.25) is 0 Å². The third-order valence-electron chi connectivity index (χ3n) is 1.01. The van der Waals surface area contributed by atoms with Crippen LogP contribution in [0.4, 0.5) is 0 Å². The molecule has 0 amide bonds. The highest BCUT2D eigenvalue weighted by Crippen LogP contribution is 2.05. The first-order valence-corrected chi connectivity index (χ1v) is 5.00. The van der Waals surface area contributed by atoms with Crippen molar-refractivity contribution in [2.24, 2.45) is 0 Å². The van der Waals surface area contributed by atoms with Gasteiger partial charge >= 0.3 is 0 Å². The zero-order valence-corrected chi connectivity index (χ0v) is 7.68. The minimum Gasteiger partial charge on any atom is -0.394 e. The highest BCUT2D eigenvalue weighted by Gasteiger charge is 2.05. The number of alkyl halides is 1. The predicted octanol–water partition coefficient (Wildman–Crippen LogP) is -0.327. The van der Waals surface area contributed by atoms with Gasteiger partial charge < -0.3 is 15.3 Å². The van der Waals surface area contributed by atoms with Crippen LogP contribution in [0.15, 0.2) is 0 Å². The third kappa shape index (κ3) is 6.90. The lowest BCUT2D eigenvalue weighted by atomic mass is 10.4. The van der Waals surface area contributed by atoms with Gasteiger partial charge in [-0.1, -0.05) is 0 Å². The number of aliphatic hydroxyl groups excluding tert-OH is 3. The second kappa shape index (κ2) is 7.18. The Kier molecular flexibility index (Phi) is 7.52. The maximum atomic E-state index is 8.95. The molecular formula is C6H13ClO3S. The normalized spacial score (nSPS) is 16.4. The molecule has 0 aliphatic carbocycles. The summed E-state index contributed by atoms with van der Waals surface area (Å²) in [5.41, 5.74) is 0. The lowest BCUT2D eigenvalue weighted by molar-refractivity contribution is 0.113. The smallest absolute Gasteiger partial charge is 0.0861 e. The van der Waals surface area contributed by atoms with Crippen LogP contribution in [0.1, 0.15) is 0 Å². The molecule has 0 rings (SSSR count). The van der Waals surface area contributed by atoms with Crippen molar-refractivity contribution in [1.29, 1.82) is 0 Å². The van der Waals surface area contributed by atoms with Gasteiger partial charge in [-0.3, -0.25) is 0 Å². The molecule has 0 heterocycles. The number of thioether (sulfide) groups is 1. The summed E-state index contributed by atoms with van der Waals surface area (Å²) in [7, 11) is 0. The van der Waals surface area contributed by atoms with Gasteiger partial charge in [-0.15, -0.1) is 11.6 Å². The first-order valence-electron chi connectivity index (χ1n) is 3.31. The van der Waals surface area contributed by atoms with Gasteiger partial charge in [-0.25, -0.2) is 0 Å². The van der Waals surface area contributed by atoms with Crippen molar-refractivity contribution >= 4 is 23.4 Å². The Labute approximate surface area is 75.4 Å². The van der Waals surface area contributed by atoms with Gasteiger partial charge in [-0.2, -0.15) is 11.8 Å². The van der Waals surface area contributed by atoms with E-state index in [9.17, 15) is 0 Å². The fourth-order valence-corrected chi connectivity index (χ4v) is 1.58. The highest BCUT2D eigenvalue weighted by atomic mass is 35.5. The van der Waals surface area contributed by atoms with Crippen LogP contribution < -0.4 is 0 Å². The SMILES string of the molecule is OCC(O)CSCC(O)CCl. The highest BCUT2D eigenvalue weighted by molar-refractivity contribution is 7.99. The van der Waals surface area contributed by atoms with E-state index in [4.69, 9.17) is 26.9 Å². The van der Waals surface area contributed by atoms with Crippen molar-refractivity contribution in [2.75, 3.05) is 24.0 Å². The Bertz CT molecular complexity index is 83.9. The average Bonchev–Trinajstić information content (AvgIpc) is 2.04. The standard InChI is InChI=1S/C6H13ClO3S/c7-1-5(9)3-11-4-6(10)2-8/h5-6,8-10H,1-4H2. The maximum Gasteiger partial charge on any atom is 0.0861 e. The molecule has 0 aromatic carbocycles. The Morgan fingerprint density at radius 1 is 1.18 bits per heavy atom. The Morgan fingerprint density at radius 3 is 2.18 bits per heavy atom. The summed E-state index contributed by atoms with van der Waals surface area (Å²) in [5.74, 6) is 1.15. The molecule has 3 nitrogen and oxygen atoms in total. The van der Waals surface area contributed by atoms with Crippen LogP contribution in [0.5, 0.6) is 0 Å². The average molecular weight is 201 g/mol. The first-order chi connectivity index (χ1) is 5.20. The molecule has 0 aliphatic rings. The second-order valence-corrected chi connectivity index (χ2v) is 3.57. The zero-order valence-electron chi connectivity index (χ0n) is 6.11. The van der Waals surface area contributed by atoms with E-state index in [1.807, 2.05) is 0 Å². The Hall–Kier alpha value is 0.520. The van der Waals surface area contributed by atoms with Crippen LogP contribution in [0.2, 0.25) is 0 Å². The number of aliphatic hydroxyl groups is 3. The summed E-state index contributed by atoms with van der Waals surface area (Å²) in [6.07, 6.45) is -1.21. The molecule has 3 N–H and O–H groups in total. The molecule has 0 spiro atoms. The molecule has 0 radical (unpaired) electrons. The van der Waals surface area contributed by atoms with Gasteiger partial charge in [0.25, 0.3) is 0 Å². The first kappa shape index (κ1) is 11.5. The zero-order chi connectivity index (χ0) is 8.69. The van der Waals surface area contributed by atoms with E-state index < -0.39 is 12.2 Å². The van der Waals surface area contributed by atoms with Gasteiger partial charge in [0.15, 0.2) is 0 Å². The van der Waals surface area contributed by atoms with E-state index in [1.54, 1.807) is 0 Å². The number of hydrogen-bond donors (Lipinski definition) is 3. The van der Waals surface area contributed by atoms with Gasteiger partial charge in [0.05, 0.1) is 18.8 Å². The quantitative estimate of drug-likeness (QED) is 0.514. The molecule has 0 saturated heterocycles. The molecule has 5 heteroatoms. The summed E-state index contributed by atoms with van der Waals surface area (Å²) in [6.45, 7) is -0.232. The molecule has 0 aromatic heterocycles. The van der Waals surface area contributed by atoms with Crippen molar-refractivity contribution in [3.8, 4) is 0 Å². The molecule has 0 bridgehead atoms. The number of halogens is 1. The van der Waals surface area contributed by atoms with Gasteiger partial charge in [0, 0.05) is 17.4 Å². The van der Waals surface area contributed by atoms with E-state index in [2.05, 4.69) is 0 Å². The summed E-state index contributed by atoms with van der Waals surface area (Å²) in [4.78, 5) is 0. The fraction of sp³-hybridized carbons (Fsp3) is 1.00. The summed E-state index contributed by atoms with van der Waals surface area (Å²) < 4.78 is 0. The lowest BCUT2D eigenvalue weighted by Crippen LogP contribution is -2.18. The van der Waals surface area contributed by atoms with E-state index in [1.165, 1.54) is 11.8 Å². The monoisotopic (exact) mass is 200 g/mol. The van der Waals surface area contributed by atoms with E-state index >= 15 is 0 Å². The fourth-order valence-electron chi connectivity index (χ4n) is 0.437. The number of hydrogen-bond acceptors (Lipinski definition) is 4. The van der Waals surface area contributed by atoms with Crippen LogP contribution in [-0.2, 0) is 0 Å². The van der Waals surface area contributed by atoms with E-state index in [-0.39, 0.29) is 12.5 Å². The van der Waals surface area contributed by atoms with Gasteiger partial charge in [-0.05, 0) is 0 Å². The molecule has 0 aliphatic heterocycles. The molecule has 2 atom stereocenters. The Balaban J connectivity index is 3.13. The summed E-state index contributed by atoms with van der Waals surface area (Å²) in [6, 6.07) is 0. The second-order valence-electron chi connectivity index (χ2n) is 2.18. The largest absolute Gasteiger partial charge is 0.394 e. The van der Waals surface area contributed by atoms with Gasteiger partial charge in [0.1, 0.15) is 0 Å². The Morgan fingerprint density at radius 2 is 1.73 bits per heavy atom. The van der Waals surface area contributed by atoms with Crippen LogP contribution in [-0.4, -0.2) is 51.5 Å². The summed E-state index contributed by atoms with van der Waals surface area (Å²) >= 11 is 6.70. The van der Waals surface area contributed by atoms with Crippen LogP contribution in [0, 0.1) is 0 Å². The topological polar surface area (TPSA) is 60.7 Å². The number of rotatable bonds is 6. The molecule has 0 aromatic rings. The molecule has 0 saturated carbocycles. The van der Waals surface area contributed by atoms with Crippen molar-refractivity contribution in [1.82, 2.24) is 0 Å². The van der Waals surface area contributed by atoms with Crippen molar-refractivity contribution in [2.45, 2.75) is 12.2 Å². The molecule has 2 unspecified atom stereocenters. The van der Waals surface area contributed by atoms with Crippen molar-refractivity contribution < 1.29 is 15.3 Å². The molecular weight excluding hydrogens is 188 g/mol. The van der Waals surface area contributed by atoms with E-state index in [0.717, 1.165) is 0 Å².